The second-order valence-electron chi connectivity index (χ2n) is 6.79. The van der Waals surface area contributed by atoms with Gasteiger partial charge in [0.2, 0.25) is 0 Å². The molecule has 28 heavy (non-hydrogen) atoms. The summed E-state index contributed by atoms with van der Waals surface area (Å²) in [6.07, 6.45) is 1.79. The first kappa shape index (κ1) is 19.1. The van der Waals surface area contributed by atoms with E-state index in [1.807, 2.05) is 6.08 Å². The largest absolute Gasteiger partial charge is 0.467 e. The third-order valence-corrected chi connectivity index (χ3v) is 6.41. The van der Waals surface area contributed by atoms with Gasteiger partial charge in [0.05, 0.1) is 32.7 Å². The molecule has 0 unspecified atom stereocenters. The van der Waals surface area contributed by atoms with Crippen LogP contribution in [0.15, 0.2) is 27.4 Å². The lowest BCUT2D eigenvalue weighted by molar-refractivity contribution is -0.158. The predicted octanol–water partition coefficient (Wildman–Crippen LogP) is 0.869. The second-order valence-corrected chi connectivity index (χ2v) is 7.70. The van der Waals surface area contributed by atoms with Crippen LogP contribution in [0.5, 0.6) is 0 Å². The van der Waals surface area contributed by atoms with Gasteiger partial charge in [0.15, 0.2) is 17.4 Å². The molecular weight excluding hydrogens is 438 g/mol. The van der Waals surface area contributed by atoms with Crippen molar-refractivity contribution in [3.8, 4) is 0 Å². The molecule has 6 atom stereocenters. The molecule has 0 aromatic carbocycles. The zero-order chi connectivity index (χ0) is 20.2. The molecule has 0 amide bonds. The zero-order valence-electron chi connectivity index (χ0n) is 15.3. The highest BCUT2D eigenvalue weighted by Crippen LogP contribution is 2.61. The molecule has 5 rings (SSSR count). The number of carbonyl (C=O) groups excluding carboxylic acids is 3. The van der Waals surface area contributed by atoms with Crippen LogP contribution in [0.1, 0.15) is 6.92 Å². The van der Waals surface area contributed by atoms with Crippen LogP contribution in [0.4, 0.5) is 0 Å². The molecule has 2 heterocycles. The zero-order valence-corrected chi connectivity index (χ0v) is 16.9. The first-order valence-electron chi connectivity index (χ1n) is 8.74. The Morgan fingerprint density at radius 1 is 1.21 bits per heavy atom. The first-order chi connectivity index (χ1) is 13.4. The molecule has 1 spiro atoms. The van der Waals surface area contributed by atoms with Crippen LogP contribution in [-0.4, -0.2) is 62.3 Å². The summed E-state index contributed by atoms with van der Waals surface area (Å²) in [5.74, 6) is -3.81. The SMILES string of the molecule is CCOC(=O)C1=C[C@H]2C(Br)=C[C@@H]1[C@]13ON=C(C(=O)OC)[C@H]1[C@@H](C(=O)OC)O[C@H]23. The van der Waals surface area contributed by atoms with Crippen LogP contribution in [0.2, 0.25) is 0 Å². The molecule has 2 bridgehead atoms. The fraction of sp³-hybridized carbons (Fsp3) is 0.556. The highest BCUT2D eigenvalue weighted by molar-refractivity contribution is 9.11. The van der Waals surface area contributed by atoms with E-state index in [1.54, 1.807) is 13.0 Å². The minimum Gasteiger partial charge on any atom is -0.467 e. The molecular formula is C18H18BrNO8. The molecule has 0 radical (unpaired) electrons. The Morgan fingerprint density at radius 2 is 1.96 bits per heavy atom. The Bertz CT molecular complexity index is 849. The molecule has 2 aliphatic heterocycles. The maximum atomic E-state index is 12.6. The molecule has 10 heteroatoms. The Kier molecular flexibility index (Phi) is 4.58. The van der Waals surface area contributed by atoms with Gasteiger partial charge in [-0.25, -0.2) is 14.4 Å². The molecule has 1 fully saturated rings. The maximum Gasteiger partial charge on any atom is 0.356 e. The Labute approximate surface area is 168 Å². The number of esters is 3. The van der Waals surface area contributed by atoms with Crippen LogP contribution < -0.4 is 0 Å². The summed E-state index contributed by atoms with van der Waals surface area (Å²) in [5.41, 5.74) is -0.936. The van der Waals surface area contributed by atoms with Gasteiger partial charge in [-0.15, -0.1) is 0 Å². The molecule has 1 saturated heterocycles. The average molecular weight is 456 g/mol. The summed E-state index contributed by atoms with van der Waals surface area (Å²) >= 11 is 3.51. The van der Waals surface area contributed by atoms with Crippen LogP contribution in [-0.2, 0) is 38.2 Å². The molecule has 3 aliphatic carbocycles. The van der Waals surface area contributed by atoms with Crippen LogP contribution in [0.3, 0.4) is 0 Å². The Morgan fingerprint density at radius 3 is 2.61 bits per heavy atom. The smallest absolute Gasteiger partial charge is 0.356 e. The summed E-state index contributed by atoms with van der Waals surface area (Å²) in [5, 5.41) is 3.95. The fourth-order valence-corrected chi connectivity index (χ4v) is 5.16. The number of hydrogen-bond donors (Lipinski definition) is 0. The minimum absolute atomic E-state index is 0.0688. The van der Waals surface area contributed by atoms with Crippen molar-refractivity contribution in [3.05, 3.63) is 22.2 Å². The number of halogens is 1. The monoisotopic (exact) mass is 455 g/mol. The van der Waals surface area contributed by atoms with E-state index < -0.39 is 53.5 Å². The van der Waals surface area contributed by atoms with Crippen molar-refractivity contribution >= 4 is 39.5 Å². The standard InChI is InChI=1S/C18H18BrNO8/c1-4-26-15(21)7-5-8-10(19)6-9(7)18-11(12(20-28-18)16(22)24-2)13(17(23)25-3)27-14(8)18/h5-6,8-9,11,13-14H,4H2,1-3H3/t8-,9-,11-,13-,14+,18-/m0/s1. The molecule has 5 aliphatic rings. The van der Waals surface area contributed by atoms with E-state index in [9.17, 15) is 14.4 Å². The van der Waals surface area contributed by atoms with Crippen LogP contribution in [0, 0.1) is 17.8 Å². The summed E-state index contributed by atoms with van der Waals surface area (Å²) in [7, 11) is 2.44. The lowest BCUT2D eigenvalue weighted by atomic mass is 9.60. The Hall–Kier alpha value is -2.20. The van der Waals surface area contributed by atoms with Crippen molar-refractivity contribution in [2.75, 3.05) is 20.8 Å². The predicted molar refractivity (Wildman–Crippen MR) is 96.1 cm³/mol. The van der Waals surface area contributed by atoms with Gasteiger partial charge in [0, 0.05) is 16.0 Å². The quantitative estimate of drug-likeness (QED) is 0.453. The lowest BCUT2D eigenvalue weighted by Crippen LogP contribution is -2.59. The van der Waals surface area contributed by atoms with Gasteiger partial charge in [-0.3, -0.25) is 0 Å². The maximum absolute atomic E-state index is 12.6. The molecule has 9 nitrogen and oxygen atoms in total. The van der Waals surface area contributed by atoms with Crippen LogP contribution >= 0.6 is 15.9 Å². The number of oxime groups is 1. The second kappa shape index (κ2) is 6.70. The first-order valence-corrected chi connectivity index (χ1v) is 9.53. The molecule has 0 aromatic rings. The van der Waals surface area contributed by atoms with Crippen molar-refractivity contribution in [2.24, 2.45) is 22.9 Å². The van der Waals surface area contributed by atoms with Gasteiger partial charge in [0.1, 0.15) is 6.10 Å². The third-order valence-electron chi connectivity index (χ3n) is 5.61. The molecule has 0 saturated carbocycles. The summed E-state index contributed by atoms with van der Waals surface area (Å²) in [6.45, 7) is 1.93. The third kappa shape index (κ3) is 2.33. The summed E-state index contributed by atoms with van der Waals surface area (Å²) in [4.78, 5) is 43.1. The van der Waals surface area contributed by atoms with Crippen molar-refractivity contribution in [2.45, 2.75) is 24.7 Å². The topological polar surface area (TPSA) is 110 Å². The van der Waals surface area contributed by atoms with Gasteiger partial charge in [-0.2, -0.15) is 0 Å². The highest BCUT2D eigenvalue weighted by atomic mass is 79.9. The summed E-state index contributed by atoms with van der Waals surface area (Å²) in [6, 6.07) is 0. The van der Waals surface area contributed by atoms with E-state index in [2.05, 4.69) is 21.1 Å². The van der Waals surface area contributed by atoms with E-state index in [4.69, 9.17) is 23.8 Å². The van der Waals surface area contributed by atoms with E-state index in [0.717, 1.165) is 4.48 Å². The highest BCUT2D eigenvalue weighted by Gasteiger charge is 2.75. The number of rotatable bonds is 4. The van der Waals surface area contributed by atoms with Gasteiger partial charge < -0.3 is 23.8 Å². The number of hydrogen-bond acceptors (Lipinski definition) is 9. The Balaban J connectivity index is 1.83. The number of nitrogens with zero attached hydrogens (tertiary/aromatic N) is 1. The summed E-state index contributed by atoms with van der Waals surface area (Å²) < 4.78 is 21.7. The van der Waals surface area contributed by atoms with Gasteiger partial charge in [-0.1, -0.05) is 33.2 Å². The van der Waals surface area contributed by atoms with E-state index in [-0.39, 0.29) is 12.3 Å². The average Bonchev–Trinajstić information content (AvgIpc) is 3.23. The molecule has 0 N–H and O–H groups in total. The van der Waals surface area contributed by atoms with Crippen molar-refractivity contribution in [1.82, 2.24) is 0 Å². The van der Waals surface area contributed by atoms with E-state index in [0.29, 0.717) is 5.57 Å². The van der Waals surface area contributed by atoms with Gasteiger partial charge >= 0.3 is 17.9 Å². The van der Waals surface area contributed by atoms with Crippen molar-refractivity contribution in [3.63, 3.8) is 0 Å². The fourth-order valence-electron chi connectivity index (χ4n) is 4.53. The van der Waals surface area contributed by atoms with Crippen molar-refractivity contribution in [1.29, 1.82) is 0 Å². The van der Waals surface area contributed by atoms with E-state index in [1.165, 1.54) is 14.2 Å². The van der Waals surface area contributed by atoms with Gasteiger partial charge in [-0.05, 0) is 6.92 Å². The minimum atomic E-state index is -1.25. The van der Waals surface area contributed by atoms with Gasteiger partial charge in [0.25, 0.3) is 0 Å². The normalized spacial score (nSPS) is 37.0. The van der Waals surface area contributed by atoms with Crippen molar-refractivity contribution < 1.29 is 38.2 Å². The van der Waals surface area contributed by atoms with Crippen LogP contribution in [0.25, 0.3) is 0 Å². The molecule has 150 valence electrons. The lowest BCUT2D eigenvalue weighted by Gasteiger charge is -2.47. The number of carbonyl (C=O) groups is 3. The van der Waals surface area contributed by atoms with E-state index >= 15 is 0 Å². The number of methoxy groups -OCH3 is 2. The molecule has 0 aromatic heterocycles. The number of ether oxygens (including phenoxy) is 4.